The van der Waals surface area contributed by atoms with E-state index in [4.69, 9.17) is 10.8 Å². The van der Waals surface area contributed by atoms with Crippen LogP contribution in [0.15, 0.2) is 52.3 Å². The Labute approximate surface area is 123 Å². The minimum absolute atomic E-state index is 0.287. The SMILES string of the molecule is Cc1cc(S)cc(C(=O)O)c1.Nc1ccc(S)cc1. The van der Waals surface area contributed by atoms with Gasteiger partial charge in [-0.05, 0) is 55.0 Å². The fourth-order valence-corrected chi connectivity index (χ4v) is 1.85. The van der Waals surface area contributed by atoms with Gasteiger partial charge in [-0.1, -0.05) is 0 Å². The zero-order chi connectivity index (χ0) is 14.4. The van der Waals surface area contributed by atoms with Crippen molar-refractivity contribution in [3.05, 3.63) is 53.6 Å². The van der Waals surface area contributed by atoms with Crippen molar-refractivity contribution in [3.8, 4) is 0 Å². The lowest BCUT2D eigenvalue weighted by Gasteiger charge is -1.97. The molecule has 0 aliphatic rings. The Hall–Kier alpha value is -1.59. The number of rotatable bonds is 1. The maximum Gasteiger partial charge on any atom is 0.335 e. The van der Waals surface area contributed by atoms with Gasteiger partial charge in [-0.3, -0.25) is 0 Å². The fourth-order valence-electron chi connectivity index (χ4n) is 1.36. The summed E-state index contributed by atoms with van der Waals surface area (Å²) in [5, 5.41) is 8.60. The summed E-state index contributed by atoms with van der Waals surface area (Å²) in [7, 11) is 0. The Bertz CT molecular complexity index is 527. The Kier molecular flexibility index (Phi) is 5.79. The zero-order valence-corrected chi connectivity index (χ0v) is 12.2. The van der Waals surface area contributed by atoms with Crippen molar-refractivity contribution in [1.29, 1.82) is 0 Å². The molecule has 19 heavy (non-hydrogen) atoms. The molecule has 0 fully saturated rings. The Morgan fingerprint density at radius 3 is 2.05 bits per heavy atom. The molecule has 0 saturated carbocycles. The van der Waals surface area contributed by atoms with Crippen LogP contribution in [0.4, 0.5) is 5.69 Å². The quantitative estimate of drug-likeness (QED) is 0.480. The summed E-state index contributed by atoms with van der Waals surface area (Å²) in [5.74, 6) is -0.913. The number of carboxylic acids is 1. The normalized spacial score (nSPS) is 9.42. The van der Waals surface area contributed by atoms with E-state index in [2.05, 4.69) is 25.3 Å². The molecule has 3 nitrogen and oxygen atoms in total. The second kappa shape index (κ2) is 7.11. The number of nitrogens with two attached hydrogens (primary N) is 1. The Balaban J connectivity index is 0.000000200. The number of aromatic carboxylic acids is 1. The number of anilines is 1. The summed E-state index contributed by atoms with van der Waals surface area (Å²) in [6, 6.07) is 12.3. The van der Waals surface area contributed by atoms with Gasteiger partial charge >= 0.3 is 5.97 Å². The maximum absolute atomic E-state index is 10.5. The maximum atomic E-state index is 10.5. The largest absolute Gasteiger partial charge is 0.478 e. The standard InChI is InChI=1S/C8H8O2S.C6H7NS/c1-5-2-6(8(9)10)4-7(11)3-5;7-5-1-3-6(8)4-2-5/h2-4,11H,1H3,(H,9,10);1-4,8H,7H2. The third kappa shape index (κ3) is 5.72. The molecule has 2 aromatic carbocycles. The number of hydrogen-bond donors (Lipinski definition) is 4. The van der Waals surface area contributed by atoms with Crippen molar-refractivity contribution in [3.63, 3.8) is 0 Å². The minimum atomic E-state index is -0.913. The van der Waals surface area contributed by atoms with Crippen LogP contribution >= 0.6 is 25.3 Å². The molecule has 100 valence electrons. The van der Waals surface area contributed by atoms with E-state index in [0.29, 0.717) is 4.90 Å². The van der Waals surface area contributed by atoms with Gasteiger partial charge < -0.3 is 10.8 Å². The lowest BCUT2D eigenvalue weighted by molar-refractivity contribution is 0.0696. The molecule has 0 aliphatic heterocycles. The molecule has 2 aromatic rings. The summed E-state index contributed by atoms with van der Waals surface area (Å²) in [6.45, 7) is 1.84. The number of aryl methyl sites for hydroxylation is 1. The molecule has 0 atom stereocenters. The fraction of sp³-hybridized carbons (Fsp3) is 0.0714. The van der Waals surface area contributed by atoms with Gasteiger partial charge in [0.25, 0.3) is 0 Å². The lowest BCUT2D eigenvalue weighted by atomic mass is 10.1. The van der Waals surface area contributed by atoms with Crippen LogP contribution in [-0.4, -0.2) is 11.1 Å². The van der Waals surface area contributed by atoms with E-state index in [1.54, 1.807) is 6.07 Å². The van der Waals surface area contributed by atoms with Crippen molar-refractivity contribution in [2.45, 2.75) is 16.7 Å². The third-order valence-corrected chi connectivity index (χ3v) is 2.76. The van der Waals surface area contributed by atoms with E-state index in [0.717, 1.165) is 16.1 Å². The second-order valence-corrected chi connectivity index (χ2v) is 4.99. The number of nitrogen functional groups attached to an aromatic ring is 1. The first-order valence-corrected chi connectivity index (χ1v) is 6.36. The van der Waals surface area contributed by atoms with Crippen LogP contribution in [-0.2, 0) is 0 Å². The summed E-state index contributed by atoms with van der Waals surface area (Å²) in [6.07, 6.45) is 0. The van der Waals surface area contributed by atoms with Crippen molar-refractivity contribution in [2.75, 3.05) is 5.73 Å². The Morgan fingerprint density at radius 2 is 1.63 bits per heavy atom. The molecule has 0 radical (unpaired) electrons. The number of benzene rings is 2. The molecule has 0 unspecified atom stereocenters. The first-order chi connectivity index (χ1) is 8.88. The Morgan fingerprint density at radius 1 is 1.05 bits per heavy atom. The van der Waals surface area contributed by atoms with Crippen LogP contribution < -0.4 is 5.73 Å². The van der Waals surface area contributed by atoms with Gasteiger partial charge in [0.2, 0.25) is 0 Å². The van der Waals surface area contributed by atoms with Gasteiger partial charge in [-0.2, -0.15) is 0 Å². The molecule has 0 aliphatic carbocycles. The first kappa shape index (κ1) is 15.5. The highest BCUT2D eigenvalue weighted by atomic mass is 32.1. The number of carboxylic acid groups (broad SMARTS) is 1. The van der Waals surface area contributed by atoms with Crippen LogP contribution in [0.25, 0.3) is 0 Å². The molecule has 0 heterocycles. The van der Waals surface area contributed by atoms with E-state index >= 15 is 0 Å². The van der Waals surface area contributed by atoms with Crippen LogP contribution in [0.5, 0.6) is 0 Å². The van der Waals surface area contributed by atoms with Crippen molar-refractivity contribution in [1.82, 2.24) is 0 Å². The van der Waals surface area contributed by atoms with E-state index in [1.165, 1.54) is 6.07 Å². The van der Waals surface area contributed by atoms with Gasteiger partial charge in [-0.25, -0.2) is 4.79 Å². The molecule has 0 aromatic heterocycles. The van der Waals surface area contributed by atoms with Crippen molar-refractivity contribution >= 4 is 36.9 Å². The smallest absolute Gasteiger partial charge is 0.335 e. The zero-order valence-electron chi connectivity index (χ0n) is 10.4. The first-order valence-electron chi connectivity index (χ1n) is 5.47. The topological polar surface area (TPSA) is 63.3 Å². The summed E-state index contributed by atoms with van der Waals surface area (Å²) in [5.41, 5.74) is 7.37. The second-order valence-electron chi connectivity index (χ2n) is 3.95. The van der Waals surface area contributed by atoms with Crippen molar-refractivity contribution in [2.24, 2.45) is 0 Å². The van der Waals surface area contributed by atoms with Crippen LogP contribution in [0.3, 0.4) is 0 Å². The van der Waals surface area contributed by atoms with Gasteiger partial charge in [0.05, 0.1) is 5.56 Å². The van der Waals surface area contributed by atoms with E-state index < -0.39 is 5.97 Å². The van der Waals surface area contributed by atoms with E-state index in [-0.39, 0.29) is 5.56 Å². The summed E-state index contributed by atoms with van der Waals surface area (Å²) < 4.78 is 0. The molecular weight excluding hydrogens is 278 g/mol. The molecule has 5 heteroatoms. The number of carbonyl (C=O) groups is 1. The molecule has 3 N–H and O–H groups in total. The molecule has 2 rings (SSSR count). The molecule has 0 bridgehead atoms. The molecule has 0 saturated heterocycles. The van der Waals surface area contributed by atoms with Crippen LogP contribution in [0.2, 0.25) is 0 Å². The predicted molar refractivity (Wildman–Crippen MR) is 83.5 cm³/mol. The molecule has 0 spiro atoms. The van der Waals surface area contributed by atoms with Crippen LogP contribution in [0.1, 0.15) is 15.9 Å². The minimum Gasteiger partial charge on any atom is -0.478 e. The third-order valence-electron chi connectivity index (χ3n) is 2.20. The molecule has 0 amide bonds. The monoisotopic (exact) mass is 293 g/mol. The summed E-state index contributed by atoms with van der Waals surface area (Å²) in [4.78, 5) is 12.1. The average molecular weight is 293 g/mol. The van der Waals surface area contributed by atoms with Gasteiger partial charge in [-0.15, -0.1) is 25.3 Å². The predicted octanol–water partition coefficient (Wildman–Crippen LogP) is 3.54. The molecular formula is C14H15NO2S2. The van der Waals surface area contributed by atoms with Gasteiger partial charge in [0.1, 0.15) is 0 Å². The van der Waals surface area contributed by atoms with Gasteiger partial charge in [0.15, 0.2) is 0 Å². The number of thiol groups is 2. The highest BCUT2D eigenvalue weighted by Crippen LogP contribution is 2.12. The van der Waals surface area contributed by atoms with E-state index in [1.807, 2.05) is 37.3 Å². The van der Waals surface area contributed by atoms with Gasteiger partial charge in [0, 0.05) is 15.5 Å². The highest BCUT2D eigenvalue weighted by Gasteiger charge is 2.02. The summed E-state index contributed by atoms with van der Waals surface area (Å²) >= 11 is 8.13. The number of hydrogen-bond acceptors (Lipinski definition) is 4. The average Bonchev–Trinajstić information content (AvgIpc) is 2.32. The lowest BCUT2D eigenvalue weighted by Crippen LogP contribution is -1.96. The highest BCUT2D eigenvalue weighted by molar-refractivity contribution is 7.80. The van der Waals surface area contributed by atoms with Crippen molar-refractivity contribution < 1.29 is 9.90 Å². The van der Waals surface area contributed by atoms with Crippen LogP contribution in [0, 0.1) is 6.92 Å². The van der Waals surface area contributed by atoms with E-state index in [9.17, 15) is 4.79 Å².